The zero-order chi connectivity index (χ0) is 13.8. The molecule has 0 aromatic carbocycles. The van der Waals surface area contributed by atoms with E-state index in [1.807, 2.05) is 35.7 Å². The summed E-state index contributed by atoms with van der Waals surface area (Å²) in [5.41, 5.74) is 0. The molecule has 1 aliphatic heterocycles. The first-order chi connectivity index (χ1) is 9.81. The Balaban J connectivity index is 1.52. The minimum atomic E-state index is -0.139. The summed E-state index contributed by atoms with van der Waals surface area (Å²) in [6.07, 6.45) is 2.73. The fraction of sp³-hybridized carbons (Fsp3) is 0.286. The van der Waals surface area contributed by atoms with Gasteiger partial charge in [0.05, 0.1) is 5.00 Å². The zero-order valence-corrected chi connectivity index (χ0v) is 11.8. The summed E-state index contributed by atoms with van der Waals surface area (Å²) < 4.78 is 0. The molecule has 2 amide bonds. The number of nitrogens with zero attached hydrogens (tertiary/aromatic N) is 2. The number of carbonyl (C=O) groups excluding carboxylic acids is 1. The number of amides is 2. The molecule has 5 nitrogen and oxygen atoms in total. The average molecular weight is 288 g/mol. The minimum Gasteiger partial charge on any atom is -0.354 e. The lowest BCUT2D eigenvalue weighted by atomic mass is 10.3. The van der Waals surface area contributed by atoms with Gasteiger partial charge in [0.2, 0.25) is 0 Å². The first kappa shape index (κ1) is 12.9. The van der Waals surface area contributed by atoms with Crippen LogP contribution in [0.5, 0.6) is 0 Å². The molecule has 20 heavy (non-hydrogen) atoms. The molecule has 0 aliphatic carbocycles. The minimum absolute atomic E-state index is 0.139. The van der Waals surface area contributed by atoms with Crippen molar-refractivity contribution >= 4 is 28.2 Å². The average Bonchev–Trinajstić information content (AvgIpc) is 3.11. The topological polar surface area (TPSA) is 57.3 Å². The predicted molar refractivity (Wildman–Crippen MR) is 81.3 cm³/mol. The normalized spacial score (nSPS) is 18.0. The Morgan fingerprint density at radius 2 is 2.30 bits per heavy atom. The molecule has 0 unspecified atom stereocenters. The number of hydrogen-bond donors (Lipinski definition) is 2. The van der Waals surface area contributed by atoms with Crippen LogP contribution in [0.1, 0.15) is 6.42 Å². The number of carbonyl (C=O) groups is 1. The highest BCUT2D eigenvalue weighted by atomic mass is 32.1. The quantitative estimate of drug-likeness (QED) is 0.912. The highest BCUT2D eigenvalue weighted by Gasteiger charge is 2.24. The lowest BCUT2D eigenvalue weighted by Crippen LogP contribution is -2.39. The highest BCUT2D eigenvalue weighted by molar-refractivity contribution is 7.14. The Kier molecular flexibility index (Phi) is 3.83. The molecule has 6 heteroatoms. The van der Waals surface area contributed by atoms with Crippen molar-refractivity contribution in [2.24, 2.45) is 0 Å². The molecule has 0 bridgehead atoms. The van der Waals surface area contributed by atoms with E-state index in [-0.39, 0.29) is 12.1 Å². The maximum Gasteiger partial charge on any atom is 0.320 e. The van der Waals surface area contributed by atoms with Gasteiger partial charge in [-0.1, -0.05) is 6.07 Å². The van der Waals surface area contributed by atoms with E-state index in [1.165, 1.54) is 11.3 Å². The van der Waals surface area contributed by atoms with E-state index in [1.54, 1.807) is 6.20 Å². The number of thiophene rings is 1. The van der Waals surface area contributed by atoms with Crippen LogP contribution < -0.4 is 15.5 Å². The molecule has 1 atom stereocenters. The van der Waals surface area contributed by atoms with Crippen molar-refractivity contribution in [1.29, 1.82) is 0 Å². The molecule has 1 saturated heterocycles. The Morgan fingerprint density at radius 1 is 1.35 bits per heavy atom. The van der Waals surface area contributed by atoms with Crippen molar-refractivity contribution in [3.8, 4) is 0 Å². The van der Waals surface area contributed by atoms with Gasteiger partial charge in [0, 0.05) is 25.3 Å². The summed E-state index contributed by atoms with van der Waals surface area (Å²) in [5.74, 6) is 0.968. The van der Waals surface area contributed by atoms with E-state index in [0.717, 1.165) is 30.3 Å². The van der Waals surface area contributed by atoms with Crippen molar-refractivity contribution in [3.05, 3.63) is 41.9 Å². The molecule has 104 valence electrons. The second-order valence-corrected chi connectivity index (χ2v) is 5.64. The summed E-state index contributed by atoms with van der Waals surface area (Å²) in [7, 11) is 0. The molecule has 3 heterocycles. The molecule has 1 aliphatic rings. The second-order valence-electron chi connectivity index (χ2n) is 4.70. The van der Waals surface area contributed by atoms with Gasteiger partial charge in [-0.15, -0.1) is 11.3 Å². The summed E-state index contributed by atoms with van der Waals surface area (Å²) in [6, 6.07) is 9.71. The number of anilines is 2. The standard InChI is InChI=1S/C14H16N4OS/c19-14(17-13-5-3-9-20-13)16-11-6-8-18(10-11)12-4-1-2-7-15-12/h1-5,7,9,11H,6,8,10H2,(H2,16,17,19)/t11-/m1/s1. The number of nitrogens with one attached hydrogen (secondary N) is 2. The predicted octanol–water partition coefficient (Wildman–Crippen LogP) is 2.54. The van der Waals surface area contributed by atoms with Crippen LogP contribution in [0.2, 0.25) is 0 Å². The van der Waals surface area contributed by atoms with Crippen LogP contribution in [-0.4, -0.2) is 30.1 Å². The molecular formula is C14H16N4OS. The fourth-order valence-electron chi connectivity index (χ4n) is 2.31. The van der Waals surface area contributed by atoms with Crippen LogP contribution in [0.4, 0.5) is 15.6 Å². The fourth-order valence-corrected chi connectivity index (χ4v) is 2.92. The van der Waals surface area contributed by atoms with Gasteiger partial charge >= 0.3 is 6.03 Å². The van der Waals surface area contributed by atoms with Crippen molar-refractivity contribution in [1.82, 2.24) is 10.3 Å². The number of pyridine rings is 1. The molecule has 2 N–H and O–H groups in total. The van der Waals surface area contributed by atoms with Gasteiger partial charge in [0.1, 0.15) is 5.82 Å². The van der Waals surface area contributed by atoms with E-state index >= 15 is 0 Å². The number of urea groups is 1. The van der Waals surface area contributed by atoms with Crippen LogP contribution in [0.15, 0.2) is 41.9 Å². The van der Waals surface area contributed by atoms with Crippen LogP contribution in [-0.2, 0) is 0 Å². The van der Waals surface area contributed by atoms with E-state index in [4.69, 9.17) is 0 Å². The first-order valence-corrected chi connectivity index (χ1v) is 7.46. The van der Waals surface area contributed by atoms with Crippen LogP contribution in [0.3, 0.4) is 0 Å². The molecule has 0 saturated carbocycles. The maximum absolute atomic E-state index is 11.9. The first-order valence-electron chi connectivity index (χ1n) is 6.58. The van der Waals surface area contributed by atoms with Gasteiger partial charge in [-0.25, -0.2) is 9.78 Å². The van der Waals surface area contributed by atoms with E-state index in [9.17, 15) is 4.79 Å². The van der Waals surface area contributed by atoms with Crippen LogP contribution in [0, 0.1) is 0 Å². The second kappa shape index (κ2) is 5.92. The van der Waals surface area contributed by atoms with Gasteiger partial charge in [0.15, 0.2) is 0 Å². The number of hydrogen-bond acceptors (Lipinski definition) is 4. The van der Waals surface area contributed by atoms with Crippen LogP contribution in [0.25, 0.3) is 0 Å². The Labute approximate surface area is 121 Å². The highest BCUT2D eigenvalue weighted by Crippen LogP contribution is 2.18. The smallest absolute Gasteiger partial charge is 0.320 e. The zero-order valence-electron chi connectivity index (χ0n) is 11.0. The lowest BCUT2D eigenvalue weighted by Gasteiger charge is -2.17. The molecule has 2 aromatic rings. The number of rotatable bonds is 3. The maximum atomic E-state index is 11.9. The Morgan fingerprint density at radius 3 is 3.05 bits per heavy atom. The molecule has 3 rings (SSSR count). The van der Waals surface area contributed by atoms with Crippen molar-refractivity contribution in [3.63, 3.8) is 0 Å². The van der Waals surface area contributed by atoms with Crippen molar-refractivity contribution < 1.29 is 4.79 Å². The molecule has 2 aromatic heterocycles. The van der Waals surface area contributed by atoms with Crippen molar-refractivity contribution in [2.45, 2.75) is 12.5 Å². The van der Waals surface area contributed by atoms with E-state index < -0.39 is 0 Å². The molecule has 0 radical (unpaired) electrons. The van der Waals surface area contributed by atoms with E-state index in [2.05, 4.69) is 20.5 Å². The van der Waals surface area contributed by atoms with Crippen molar-refractivity contribution in [2.75, 3.05) is 23.3 Å². The van der Waals surface area contributed by atoms with E-state index in [0.29, 0.717) is 0 Å². The summed E-state index contributed by atoms with van der Waals surface area (Å²) >= 11 is 1.51. The SMILES string of the molecule is O=C(Nc1cccs1)N[C@@H]1CCN(c2ccccn2)C1. The molecular weight excluding hydrogens is 272 g/mol. The summed E-state index contributed by atoms with van der Waals surface area (Å²) in [6.45, 7) is 1.72. The van der Waals surface area contributed by atoms with Crippen LogP contribution >= 0.6 is 11.3 Å². The lowest BCUT2D eigenvalue weighted by molar-refractivity contribution is 0.249. The molecule has 0 spiro atoms. The van der Waals surface area contributed by atoms with Gasteiger partial charge in [0.25, 0.3) is 0 Å². The Hall–Kier alpha value is -2.08. The third kappa shape index (κ3) is 3.08. The monoisotopic (exact) mass is 288 g/mol. The largest absolute Gasteiger partial charge is 0.354 e. The van der Waals surface area contributed by atoms with Gasteiger partial charge in [-0.3, -0.25) is 5.32 Å². The molecule has 1 fully saturated rings. The summed E-state index contributed by atoms with van der Waals surface area (Å²) in [5, 5.41) is 8.64. The third-order valence-electron chi connectivity index (χ3n) is 3.25. The summed E-state index contributed by atoms with van der Waals surface area (Å²) in [4.78, 5) is 18.4. The number of aromatic nitrogens is 1. The third-order valence-corrected chi connectivity index (χ3v) is 4.04. The van der Waals surface area contributed by atoms with Gasteiger partial charge in [-0.2, -0.15) is 0 Å². The van der Waals surface area contributed by atoms with Gasteiger partial charge in [-0.05, 0) is 36.1 Å². The van der Waals surface area contributed by atoms with Gasteiger partial charge < -0.3 is 10.2 Å². The Bertz CT molecular complexity index is 558.